The topological polar surface area (TPSA) is 142 Å². The minimum atomic E-state index is -0.459. The molecule has 2 aliphatic heterocycles. The van der Waals surface area contributed by atoms with Gasteiger partial charge < -0.3 is 48.9 Å². The maximum absolute atomic E-state index is 7.84. The van der Waals surface area contributed by atoms with Crippen molar-refractivity contribution in [3.63, 3.8) is 0 Å². The third-order valence-electron chi connectivity index (χ3n) is 18.3. The first kappa shape index (κ1) is 81.9. The third kappa shape index (κ3) is 14.8. The number of ether oxygens (including phenoxy) is 4. The second-order valence-corrected chi connectivity index (χ2v) is 38.4. The van der Waals surface area contributed by atoms with Crippen LogP contribution >= 0.6 is 171 Å². The molecule has 0 aliphatic carbocycles. The molecule has 0 saturated carbocycles. The van der Waals surface area contributed by atoms with Crippen LogP contribution in [-0.4, -0.2) is 29.9 Å². The second-order valence-electron chi connectivity index (χ2n) is 32.2. The Hall–Kier alpha value is -4.62. The number of para-hydroxylation sites is 1. The first-order chi connectivity index (χ1) is 49.2. The fraction of sp³-hybridized carbons (Fsp3) is 0.300. The largest absolute Gasteiger partial charge is 2.00 e. The zero-order valence-corrected chi connectivity index (χ0v) is 76.3. The van der Waals surface area contributed by atoms with E-state index in [0.717, 1.165) is 33.4 Å². The molecular formula is C80H66Br2Cl12N8O4Zn. The summed E-state index contributed by atoms with van der Waals surface area (Å²) >= 11 is 98.8. The van der Waals surface area contributed by atoms with Crippen molar-refractivity contribution in [1.82, 2.24) is 39.9 Å². The summed E-state index contributed by atoms with van der Waals surface area (Å²) < 4.78 is 28.5. The minimum Gasteiger partial charge on any atom is -0.454 e. The minimum absolute atomic E-state index is 0. The average molecular weight is 1850 g/mol. The number of hydrogen-bond acceptors (Lipinski definition) is 10. The third-order valence-corrected chi connectivity index (χ3v) is 24.4. The van der Waals surface area contributed by atoms with Crippen LogP contribution in [0.2, 0.25) is 60.3 Å². The Labute approximate surface area is 710 Å². The Morgan fingerprint density at radius 2 is 0.533 bits per heavy atom. The molecule has 0 unspecified atom stereocenters. The number of fused-ring (bicyclic) bond motifs is 20. The molecule has 0 fully saturated rings. The van der Waals surface area contributed by atoms with E-state index in [4.69, 9.17) is 198 Å². The van der Waals surface area contributed by atoms with Gasteiger partial charge >= 0.3 is 19.5 Å². The van der Waals surface area contributed by atoms with E-state index in [2.05, 4.69) is 175 Å². The summed E-state index contributed by atoms with van der Waals surface area (Å²) in [5.74, 6) is 0.896. The monoisotopic (exact) mass is 1840 g/mol. The molecule has 13 rings (SSSR count). The predicted octanol–water partition coefficient (Wildman–Crippen LogP) is 30.4. The van der Waals surface area contributed by atoms with E-state index in [1.165, 1.54) is 0 Å². The second kappa shape index (κ2) is 29.1. The summed E-state index contributed by atoms with van der Waals surface area (Å²) in [7, 11) is 0. The molecule has 11 aromatic rings. The Morgan fingerprint density at radius 3 is 0.813 bits per heavy atom. The van der Waals surface area contributed by atoms with Crippen molar-refractivity contribution < 1.29 is 38.4 Å². The molecule has 0 N–H and O–H groups in total. The molecule has 550 valence electrons. The van der Waals surface area contributed by atoms with E-state index in [1.807, 2.05) is 42.5 Å². The molecule has 0 spiro atoms. The maximum Gasteiger partial charge on any atom is 2.00 e. The normalized spacial score (nSPS) is 12.8. The van der Waals surface area contributed by atoms with E-state index in [1.54, 1.807) is 12.1 Å². The number of halogens is 14. The number of rotatable bonds is 8. The van der Waals surface area contributed by atoms with Crippen LogP contribution in [0, 0.1) is 0 Å². The summed E-state index contributed by atoms with van der Waals surface area (Å²) in [5.41, 5.74) is 3.51. The molecule has 107 heavy (non-hydrogen) atoms. The smallest absolute Gasteiger partial charge is 0.454 e. The van der Waals surface area contributed by atoms with Crippen molar-refractivity contribution in [3.05, 3.63) is 175 Å². The van der Waals surface area contributed by atoms with Gasteiger partial charge in [-0.2, -0.15) is 0 Å². The van der Waals surface area contributed by atoms with Crippen LogP contribution < -0.4 is 28.9 Å². The molecule has 3 aromatic heterocycles. The van der Waals surface area contributed by atoms with Crippen molar-refractivity contribution in [3.8, 4) is 91.5 Å². The molecule has 12 nitrogen and oxygen atoms in total. The fourth-order valence-electron chi connectivity index (χ4n) is 12.5. The molecule has 0 amide bonds. The molecule has 0 atom stereocenters. The zero-order chi connectivity index (χ0) is 77.4. The van der Waals surface area contributed by atoms with Gasteiger partial charge in [0, 0.05) is 83.1 Å². The van der Waals surface area contributed by atoms with Gasteiger partial charge in [-0.15, -0.1) is 0 Å². The van der Waals surface area contributed by atoms with Gasteiger partial charge in [0.1, 0.15) is 37.3 Å². The SMILES string of the molecule is CC(C)(C)c1ccc(Oc2c(Cl)c(Cl)c3c(c2Cl)-c2nc-3nc3[n-]c(nc4nc(nc5[n-]c(n2)c2c(Cl)c(Cl)c(Oc6ccc(C(C)(C)C)cc6C(C)(C)C)c(Cl)c52)-c2c(Cl)c(Cl)c(Oc5ccc(C(C)(C)C)cc5C(C)(C)C)c(Cl)c2-4)c2c(Cl)c(Oc4c(Br)cccc4Br)c(Cl)c(Cl)c32)c(C(C)(C)C)c1.[Zn+2]. The molecule has 5 heterocycles. The van der Waals surface area contributed by atoms with Gasteiger partial charge in [0.25, 0.3) is 0 Å². The van der Waals surface area contributed by atoms with E-state index >= 15 is 0 Å². The Morgan fingerprint density at radius 1 is 0.280 bits per heavy atom. The van der Waals surface area contributed by atoms with Crippen LogP contribution in [0.1, 0.15) is 158 Å². The molecule has 0 saturated heterocycles. The maximum atomic E-state index is 7.84. The Bertz CT molecular complexity index is 5810. The van der Waals surface area contributed by atoms with Crippen LogP contribution in [0.25, 0.3) is 89.7 Å². The Balaban J connectivity index is 0.0000107. The van der Waals surface area contributed by atoms with Crippen molar-refractivity contribution in [2.24, 2.45) is 0 Å². The number of benzene rings is 8. The van der Waals surface area contributed by atoms with Gasteiger partial charge in [-0.05, 0) is 111 Å². The van der Waals surface area contributed by atoms with Gasteiger partial charge in [0.05, 0.1) is 72.4 Å². The summed E-state index contributed by atoms with van der Waals surface area (Å²) in [4.78, 5) is 41.6. The molecule has 0 radical (unpaired) electrons. The molecule has 27 heteroatoms. The molecule has 8 bridgehead atoms. The quantitative estimate of drug-likeness (QED) is 0.106. The van der Waals surface area contributed by atoms with Gasteiger partial charge in [-0.1, -0.05) is 306 Å². The van der Waals surface area contributed by atoms with Crippen LogP contribution in [0.15, 0.2) is 81.7 Å². The van der Waals surface area contributed by atoms with Gasteiger partial charge in [0.2, 0.25) is 0 Å². The van der Waals surface area contributed by atoms with E-state index < -0.39 is 16.2 Å². The first-order valence-electron chi connectivity index (χ1n) is 33.3. The summed E-state index contributed by atoms with van der Waals surface area (Å²) in [6, 6.07) is 23.3. The summed E-state index contributed by atoms with van der Waals surface area (Å²) in [6.45, 7) is 37.9. The van der Waals surface area contributed by atoms with E-state index in [0.29, 0.717) is 31.9 Å². The fourth-order valence-corrected chi connectivity index (χ4v) is 17.1. The molecular weight excluding hydrogens is 1790 g/mol. The van der Waals surface area contributed by atoms with Crippen LogP contribution in [0.3, 0.4) is 0 Å². The number of nitrogens with zero attached hydrogens (tertiary/aromatic N) is 8. The van der Waals surface area contributed by atoms with Crippen LogP contribution in [0.4, 0.5) is 0 Å². The van der Waals surface area contributed by atoms with Gasteiger partial charge in [0.15, 0.2) is 28.7 Å². The zero-order valence-electron chi connectivity index (χ0n) is 61.1. The van der Waals surface area contributed by atoms with Gasteiger partial charge in [-0.3, -0.25) is 0 Å². The van der Waals surface area contributed by atoms with Crippen molar-refractivity contribution in [1.29, 1.82) is 0 Å². The standard InChI is InChI=1S/C80H66Br2Cl12N8O4.Zn/c1-75(2,3)31-22-25-39(34(28-31)78(10,11)12)103-63-54(87)46-42(50(83)58(63)91)67-95-68-45-49(57(90)66(61(94)53(45)86)106-62-37(81)20-19-21-38(62)82)74(97-68)102-73-48-44(52(85)60(93)65(56(48)89)105-41-27-24-33(77(7,8)9)30-36(41)80(16,17)18)70(101-73)100-72-47-43(69(99-72)98-71(46)96-67)51(84)59(92)64(55(47)88)104-40-26-23-32(76(4,5)6)29-35(40)79(13,14)15;/h19-30H,1-18H3;/q-2;+2. The number of hydrogen-bond donors (Lipinski definition) is 0. The van der Waals surface area contributed by atoms with Crippen LogP contribution in [-0.2, 0) is 52.0 Å². The molecule has 8 aromatic carbocycles. The summed E-state index contributed by atoms with van der Waals surface area (Å²) in [6.07, 6.45) is 0. The van der Waals surface area contributed by atoms with Gasteiger partial charge in [-0.25, -0.2) is 9.97 Å². The average Bonchev–Trinajstić information content (AvgIpc) is 1.58. The van der Waals surface area contributed by atoms with E-state index in [9.17, 15) is 0 Å². The molecule has 2 aliphatic rings. The van der Waals surface area contributed by atoms with Crippen LogP contribution in [0.5, 0.6) is 46.0 Å². The van der Waals surface area contributed by atoms with Crippen molar-refractivity contribution >= 4 is 215 Å². The Kier molecular flexibility index (Phi) is 22.3. The summed E-state index contributed by atoms with van der Waals surface area (Å²) in [5, 5.41) is -0.887. The predicted molar refractivity (Wildman–Crippen MR) is 448 cm³/mol. The first-order valence-corrected chi connectivity index (χ1v) is 39.4. The van der Waals surface area contributed by atoms with E-state index in [-0.39, 0.29) is 209 Å². The van der Waals surface area contributed by atoms with Crippen molar-refractivity contribution in [2.45, 2.75) is 157 Å². The number of aromatic nitrogens is 8. The van der Waals surface area contributed by atoms with Crippen molar-refractivity contribution in [2.75, 3.05) is 0 Å².